The number of para-hydroxylation sites is 1. The highest BCUT2D eigenvalue weighted by atomic mass is 16.4. The minimum atomic E-state index is -1.37. The molecule has 1 saturated heterocycles. The molecule has 49 heavy (non-hydrogen) atoms. The van der Waals surface area contributed by atoms with E-state index in [2.05, 4.69) is 35.1 Å². The molecule has 1 fully saturated rings. The van der Waals surface area contributed by atoms with Gasteiger partial charge in [-0.2, -0.15) is 0 Å². The molecule has 6 amide bonds. The number of carboxylic acids is 1. The van der Waals surface area contributed by atoms with Gasteiger partial charge in [0.2, 0.25) is 23.6 Å². The van der Waals surface area contributed by atoms with Crippen LogP contribution in [0.5, 0.6) is 0 Å². The Morgan fingerprint density at radius 3 is 2.02 bits per heavy atom. The van der Waals surface area contributed by atoms with Gasteiger partial charge in [-0.3, -0.25) is 24.0 Å². The molecule has 14 nitrogen and oxygen atoms in total. The molecule has 0 saturated carbocycles. The van der Waals surface area contributed by atoms with Gasteiger partial charge in [0, 0.05) is 30.5 Å². The second-order valence-corrected chi connectivity index (χ2v) is 11.6. The maximum atomic E-state index is 13.1. The summed E-state index contributed by atoms with van der Waals surface area (Å²) >= 11 is 0. The fourth-order valence-corrected chi connectivity index (χ4v) is 4.88. The lowest BCUT2D eigenvalue weighted by molar-refractivity contribution is -0.148. The largest absolute Gasteiger partial charge is 0.481 e. The number of rotatable bonds is 13. The Hall–Kier alpha value is -5.27. The molecule has 2 aromatic carbocycles. The van der Waals surface area contributed by atoms with Gasteiger partial charge in [0.1, 0.15) is 12.8 Å². The van der Waals surface area contributed by atoms with E-state index < -0.39 is 54.8 Å². The van der Waals surface area contributed by atoms with Crippen LogP contribution in [-0.2, 0) is 35.2 Å². The third-order valence-electron chi connectivity index (χ3n) is 7.13. The number of aliphatic carboxylic acids is 1. The topological polar surface area (TPSA) is 194 Å². The third kappa shape index (κ3) is 15.0. The summed E-state index contributed by atoms with van der Waals surface area (Å²) in [5.74, 6) is -3.41. The van der Waals surface area contributed by atoms with Crippen molar-refractivity contribution in [2.75, 3.05) is 36.8 Å². The smallest absolute Gasteiger partial charge is 0.323 e. The number of carbonyl (C=O) groups is 7. The van der Waals surface area contributed by atoms with E-state index in [9.17, 15) is 33.9 Å². The monoisotopic (exact) mass is 682 g/mol. The van der Waals surface area contributed by atoms with E-state index in [-0.39, 0.29) is 18.9 Å². The fourth-order valence-electron chi connectivity index (χ4n) is 4.88. The first-order valence-electron chi connectivity index (χ1n) is 16.2. The van der Waals surface area contributed by atoms with Gasteiger partial charge < -0.3 is 41.0 Å². The molecule has 14 heteroatoms. The molecule has 0 spiro atoms. The van der Waals surface area contributed by atoms with Crippen LogP contribution in [-0.4, -0.2) is 95.6 Å². The van der Waals surface area contributed by atoms with Crippen molar-refractivity contribution in [1.82, 2.24) is 20.4 Å². The molecule has 0 bridgehead atoms. The molecular weight excluding hydrogens is 632 g/mol. The van der Waals surface area contributed by atoms with Gasteiger partial charge in [0.25, 0.3) is 0 Å². The summed E-state index contributed by atoms with van der Waals surface area (Å²) in [6.07, 6.45) is 2.31. The van der Waals surface area contributed by atoms with Gasteiger partial charge >= 0.3 is 12.0 Å². The lowest BCUT2D eigenvalue weighted by Gasteiger charge is -2.33. The fraction of sp³-hybridized carbons (Fsp3) is 0.457. The van der Waals surface area contributed by atoms with Crippen LogP contribution < -0.4 is 21.3 Å². The number of hydrogen-bond acceptors (Lipinski definition) is 7. The standard InChI is InChI=1S/C31H40N6O7.C3H8.CH2O/c1-20(2)37(25(17-29(41)42)30(43)33-18-27(39)36-14-6-7-15-36)28(40)19-32-26(38)16-22-10-12-23(13-11-22)34-31(44)35-24-9-5-4-8-21(24)3;1-3-2;1-2/h4-5,8-13,20,25H,6-7,14-19H2,1-3H3,(H,32,38)(H,33,43)(H,41,42)(H2,34,35,44);3H2,1-2H3;1H2/t25-;;/m0../s1. The Balaban J connectivity index is 0.00000227. The van der Waals surface area contributed by atoms with Crippen molar-refractivity contribution < 1.29 is 38.7 Å². The number of anilines is 2. The molecular formula is C35H50N6O8. The number of benzene rings is 2. The van der Waals surface area contributed by atoms with E-state index in [4.69, 9.17) is 4.79 Å². The van der Waals surface area contributed by atoms with Crippen molar-refractivity contribution in [3.8, 4) is 0 Å². The SMILES string of the molecule is C=O.CCC.Cc1ccccc1NC(=O)Nc1ccc(CC(=O)NCC(=O)N(C(C)C)[C@@H](CC(=O)O)C(=O)NCC(=O)N2CCCC2)cc1. The summed E-state index contributed by atoms with van der Waals surface area (Å²) in [5, 5.41) is 19.9. The molecule has 1 heterocycles. The predicted octanol–water partition coefficient (Wildman–Crippen LogP) is 3.35. The van der Waals surface area contributed by atoms with Crippen molar-refractivity contribution in [1.29, 1.82) is 0 Å². The van der Waals surface area contributed by atoms with Gasteiger partial charge in [0.05, 0.1) is 25.9 Å². The van der Waals surface area contributed by atoms with Gasteiger partial charge in [0.15, 0.2) is 0 Å². The highest BCUT2D eigenvalue weighted by molar-refractivity contribution is 6.00. The molecule has 0 radical (unpaired) electrons. The number of hydrogen-bond donors (Lipinski definition) is 5. The summed E-state index contributed by atoms with van der Waals surface area (Å²) in [6, 6.07) is 11.7. The van der Waals surface area contributed by atoms with Crippen molar-refractivity contribution in [2.45, 2.75) is 78.8 Å². The first-order chi connectivity index (χ1) is 23.4. The minimum absolute atomic E-state index is 0.0533. The molecule has 0 aromatic heterocycles. The maximum absolute atomic E-state index is 13.1. The number of nitrogens with one attached hydrogen (secondary N) is 4. The number of urea groups is 1. The van der Waals surface area contributed by atoms with Crippen LogP contribution in [0, 0.1) is 6.92 Å². The Labute approximate surface area is 288 Å². The van der Waals surface area contributed by atoms with E-state index >= 15 is 0 Å². The second kappa shape index (κ2) is 22.3. The molecule has 3 rings (SSSR count). The number of carboxylic acid groups (broad SMARTS) is 1. The molecule has 0 aliphatic carbocycles. The first-order valence-corrected chi connectivity index (χ1v) is 16.2. The van der Waals surface area contributed by atoms with Gasteiger partial charge in [-0.05, 0) is 62.9 Å². The zero-order chi connectivity index (χ0) is 36.9. The number of nitrogens with zero attached hydrogens (tertiary/aromatic N) is 2. The molecule has 1 aliphatic rings. The van der Waals surface area contributed by atoms with E-state index in [0.29, 0.717) is 30.0 Å². The summed E-state index contributed by atoms with van der Waals surface area (Å²) in [5.41, 5.74) is 2.76. The Morgan fingerprint density at radius 2 is 1.47 bits per heavy atom. The summed E-state index contributed by atoms with van der Waals surface area (Å²) in [7, 11) is 0. The van der Waals surface area contributed by atoms with Gasteiger partial charge in [-0.1, -0.05) is 50.6 Å². The van der Waals surface area contributed by atoms with Crippen molar-refractivity contribution in [3.63, 3.8) is 0 Å². The lowest BCUT2D eigenvalue weighted by atomic mass is 10.1. The normalized spacial score (nSPS) is 12.2. The van der Waals surface area contributed by atoms with Crippen LogP contribution in [0.25, 0.3) is 0 Å². The number of amides is 6. The van der Waals surface area contributed by atoms with Crippen LogP contribution in [0.15, 0.2) is 48.5 Å². The second-order valence-electron chi connectivity index (χ2n) is 11.6. The molecule has 1 aliphatic heterocycles. The predicted molar refractivity (Wildman–Crippen MR) is 187 cm³/mol. The maximum Gasteiger partial charge on any atom is 0.323 e. The minimum Gasteiger partial charge on any atom is -0.481 e. The third-order valence-corrected chi connectivity index (χ3v) is 7.13. The number of aryl methyl sites for hydroxylation is 1. The van der Waals surface area contributed by atoms with Gasteiger partial charge in [-0.15, -0.1) is 0 Å². The van der Waals surface area contributed by atoms with Crippen LogP contribution in [0.3, 0.4) is 0 Å². The van der Waals surface area contributed by atoms with Crippen LogP contribution >= 0.6 is 0 Å². The Bertz CT molecular complexity index is 1390. The highest BCUT2D eigenvalue weighted by Gasteiger charge is 2.34. The quantitative estimate of drug-likeness (QED) is 0.212. The van der Waals surface area contributed by atoms with E-state index in [1.165, 1.54) is 6.42 Å². The molecule has 0 unspecified atom stereocenters. The van der Waals surface area contributed by atoms with Crippen molar-refractivity contribution >= 4 is 53.8 Å². The van der Waals surface area contributed by atoms with Crippen molar-refractivity contribution in [3.05, 3.63) is 59.7 Å². The van der Waals surface area contributed by atoms with Crippen LogP contribution in [0.4, 0.5) is 16.2 Å². The van der Waals surface area contributed by atoms with E-state index in [1.54, 1.807) is 49.1 Å². The summed E-state index contributed by atoms with van der Waals surface area (Å²) < 4.78 is 0. The molecule has 268 valence electrons. The number of likely N-dealkylation sites (tertiary alicyclic amines) is 1. The zero-order valence-electron chi connectivity index (χ0n) is 29.0. The average Bonchev–Trinajstić information content (AvgIpc) is 3.61. The lowest BCUT2D eigenvalue weighted by Crippen LogP contribution is -2.56. The summed E-state index contributed by atoms with van der Waals surface area (Å²) in [4.78, 5) is 85.7. The highest BCUT2D eigenvalue weighted by Crippen LogP contribution is 2.16. The Kier molecular flexibility index (Phi) is 19.0. The van der Waals surface area contributed by atoms with Crippen LogP contribution in [0.1, 0.15) is 64.5 Å². The molecule has 2 aromatic rings. The van der Waals surface area contributed by atoms with Gasteiger partial charge in [-0.25, -0.2) is 4.79 Å². The van der Waals surface area contributed by atoms with E-state index in [1.807, 2.05) is 31.9 Å². The Morgan fingerprint density at radius 1 is 0.878 bits per heavy atom. The first kappa shape index (κ1) is 41.8. The number of carbonyl (C=O) groups excluding carboxylic acids is 6. The van der Waals surface area contributed by atoms with Crippen molar-refractivity contribution in [2.24, 2.45) is 0 Å². The molecule has 5 N–H and O–H groups in total. The zero-order valence-corrected chi connectivity index (χ0v) is 29.0. The molecule has 1 atom stereocenters. The average molecular weight is 683 g/mol. The van der Waals surface area contributed by atoms with Crippen LogP contribution in [0.2, 0.25) is 0 Å². The summed E-state index contributed by atoms with van der Waals surface area (Å²) in [6.45, 7) is 11.9. The van der Waals surface area contributed by atoms with E-state index in [0.717, 1.165) is 23.3 Å².